The molecule has 0 spiro atoms. The first kappa shape index (κ1) is 16.4. The topological polar surface area (TPSA) is 59.8 Å². The fourth-order valence-electron chi connectivity index (χ4n) is 3.05. The normalized spacial score (nSPS) is 27.2. The standard InChI is InChI=1S/C19H20F2N2O2/c20-13-5-11(6-14(21)7-13)10-24-15-3-1-12(2-4-15)16-8-17(16)23-9-18-19(22)25-18/h1-7,16-19,23H,8-10,22H2. The second kappa shape index (κ2) is 6.71. The average Bonchev–Trinajstić information content (AvgIpc) is 3.48. The second-order valence-corrected chi connectivity index (χ2v) is 6.63. The van der Waals surface area contributed by atoms with Gasteiger partial charge in [0.05, 0.1) is 0 Å². The Labute approximate surface area is 144 Å². The molecule has 2 aromatic carbocycles. The summed E-state index contributed by atoms with van der Waals surface area (Å²) in [7, 11) is 0. The number of epoxide rings is 1. The minimum Gasteiger partial charge on any atom is -0.489 e. The van der Waals surface area contributed by atoms with E-state index in [9.17, 15) is 8.78 Å². The molecule has 2 aromatic rings. The lowest BCUT2D eigenvalue weighted by Crippen LogP contribution is -2.25. The summed E-state index contributed by atoms with van der Waals surface area (Å²) < 4.78 is 37.1. The van der Waals surface area contributed by atoms with E-state index in [1.54, 1.807) is 0 Å². The molecule has 4 rings (SSSR count). The van der Waals surface area contributed by atoms with Crippen LogP contribution in [0.1, 0.15) is 23.5 Å². The van der Waals surface area contributed by atoms with Gasteiger partial charge in [0.25, 0.3) is 0 Å². The van der Waals surface area contributed by atoms with Crippen molar-refractivity contribution in [2.45, 2.75) is 37.3 Å². The highest BCUT2D eigenvalue weighted by molar-refractivity contribution is 5.34. The molecule has 2 aliphatic rings. The van der Waals surface area contributed by atoms with E-state index in [2.05, 4.69) is 5.32 Å². The summed E-state index contributed by atoms with van der Waals surface area (Å²) in [5.74, 6) is -0.0187. The molecule has 0 amide bonds. The first-order chi connectivity index (χ1) is 12.1. The Kier molecular flexibility index (Phi) is 4.41. The number of nitrogens with one attached hydrogen (secondary N) is 1. The number of rotatable bonds is 7. The van der Waals surface area contributed by atoms with Crippen LogP contribution in [0, 0.1) is 11.6 Å². The largest absolute Gasteiger partial charge is 0.489 e. The Bertz CT molecular complexity index is 733. The molecular weight excluding hydrogens is 326 g/mol. The molecule has 0 bridgehead atoms. The van der Waals surface area contributed by atoms with Crippen LogP contribution in [0.2, 0.25) is 0 Å². The molecule has 4 nitrogen and oxygen atoms in total. The van der Waals surface area contributed by atoms with Crippen LogP contribution in [-0.4, -0.2) is 24.9 Å². The Balaban J connectivity index is 1.27. The maximum atomic E-state index is 13.2. The third-order valence-corrected chi connectivity index (χ3v) is 4.63. The van der Waals surface area contributed by atoms with E-state index in [0.29, 0.717) is 23.3 Å². The van der Waals surface area contributed by atoms with Gasteiger partial charge in [-0.25, -0.2) is 8.78 Å². The van der Waals surface area contributed by atoms with Crippen molar-refractivity contribution in [2.24, 2.45) is 5.73 Å². The van der Waals surface area contributed by atoms with Crippen molar-refractivity contribution in [3.63, 3.8) is 0 Å². The van der Waals surface area contributed by atoms with E-state index in [1.807, 2.05) is 24.3 Å². The summed E-state index contributed by atoms with van der Waals surface area (Å²) in [6, 6.07) is 11.7. The minimum atomic E-state index is -0.598. The van der Waals surface area contributed by atoms with Crippen LogP contribution in [-0.2, 0) is 11.3 Å². The number of ether oxygens (including phenoxy) is 2. The number of halogens is 2. The van der Waals surface area contributed by atoms with Crippen molar-refractivity contribution in [1.29, 1.82) is 0 Å². The summed E-state index contributed by atoms with van der Waals surface area (Å²) in [4.78, 5) is 0. The Hall–Kier alpha value is -2.02. The van der Waals surface area contributed by atoms with Gasteiger partial charge in [0.1, 0.15) is 36.3 Å². The highest BCUT2D eigenvalue weighted by Crippen LogP contribution is 2.41. The first-order valence-corrected chi connectivity index (χ1v) is 8.40. The molecule has 0 radical (unpaired) electrons. The Morgan fingerprint density at radius 2 is 1.80 bits per heavy atom. The van der Waals surface area contributed by atoms with Crippen LogP contribution < -0.4 is 15.8 Å². The molecule has 2 fully saturated rings. The fourth-order valence-corrected chi connectivity index (χ4v) is 3.05. The molecule has 25 heavy (non-hydrogen) atoms. The van der Waals surface area contributed by atoms with Crippen molar-refractivity contribution in [1.82, 2.24) is 5.32 Å². The van der Waals surface area contributed by atoms with Gasteiger partial charge >= 0.3 is 0 Å². The summed E-state index contributed by atoms with van der Waals surface area (Å²) in [6.07, 6.45) is 1.16. The molecular formula is C19H20F2N2O2. The number of benzene rings is 2. The van der Waals surface area contributed by atoms with E-state index in [4.69, 9.17) is 15.2 Å². The molecule has 1 saturated heterocycles. The number of nitrogens with two attached hydrogens (primary N) is 1. The zero-order valence-corrected chi connectivity index (χ0v) is 13.6. The summed E-state index contributed by atoms with van der Waals surface area (Å²) in [6.45, 7) is 0.928. The lowest BCUT2D eigenvalue weighted by atomic mass is 10.1. The van der Waals surface area contributed by atoms with E-state index in [1.165, 1.54) is 17.7 Å². The van der Waals surface area contributed by atoms with Gasteiger partial charge in [-0.1, -0.05) is 12.1 Å². The Morgan fingerprint density at radius 3 is 2.44 bits per heavy atom. The molecule has 1 heterocycles. The van der Waals surface area contributed by atoms with Crippen molar-refractivity contribution in [2.75, 3.05) is 6.54 Å². The fraction of sp³-hybridized carbons (Fsp3) is 0.368. The van der Waals surface area contributed by atoms with Gasteiger partial charge < -0.3 is 20.5 Å². The molecule has 0 aromatic heterocycles. The van der Waals surface area contributed by atoms with Gasteiger partial charge in [-0.15, -0.1) is 0 Å². The maximum absolute atomic E-state index is 13.2. The van der Waals surface area contributed by atoms with Gasteiger partial charge in [-0.2, -0.15) is 0 Å². The Morgan fingerprint density at radius 1 is 1.12 bits per heavy atom. The molecule has 1 aliphatic carbocycles. The molecule has 132 valence electrons. The van der Waals surface area contributed by atoms with Crippen molar-refractivity contribution >= 4 is 0 Å². The second-order valence-electron chi connectivity index (χ2n) is 6.63. The maximum Gasteiger partial charge on any atom is 0.134 e. The first-order valence-electron chi connectivity index (χ1n) is 8.40. The molecule has 4 unspecified atom stereocenters. The van der Waals surface area contributed by atoms with Gasteiger partial charge in [-0.3, -0.25) is 0 Å². The smallest absolute Gasteiger partial charge is 0.134 e. The van der Waals surface area contributed by atoms with Crippen LogP contribution in [0.3, 0.4) is 0 Å². The zero-order chi connectivity index (χ0) is 17.4. The average molecular weight is 346 g/mol. The minimum absolute atomic E-state index is 0.104. The third-order valence-electron chi connectivity index (χ3n) is 4.63. The predicted octanol–water partition coefficient (Wildman–Crippen LogP) is 2.67. The van der Waals surface area contributed by atoms with E-state index >= 15 is 0 Å². The third kappa shape index (κ3) is 4.15. The van der Waals surface area contributed by atoms with Crippen LogP contribution in [0.25, 0.3) is 0 Å². The zero-order valence-electron chi connectivity index (χ0n) is 13.6. The number of hydrogen-bond donors (Lipinski definition) is 2. The summed E-state index contributed by atoms with van der Waals surface area (Å²) >= 11 is 0. The van der Waals surface area contributed by atoms with Crippen molar-refractivity contribution < 1.29 is 18.3 Å². The molecule has 3 N–H and O–H groups in total. The van der Waals surface area contributed by atoms with Gasteiger partial charge in [0.2, 0.25) is 0 Å². The lowest BCUT2D eigenvalue weighted by molar-refractivity contribution is 0.304. The van der Waals surface area contributed by atoms with E-state index < -0.39 is 11.6 Å². The van der Waals surface area contributed by atoms with E-state index in [0.717, 1.165) is 19.0 Å². The van der Waals surface area contributed by atoms with E-state index in [-0.39, 0.29) is 18.9 Å². The molecule has 6 heteroatoms. The van der Waals surface area contributed by atoms with Gasteiger partial charge in [0.15, 0.2) is 0 Å². The van der Waals surface area contributed by atoms with Gasteiger partial charge in [0, 0.05) is 24.6 Å². The quantitative estimate of drug-likeness (QED) is 0.757. The van der Waals surface area contributed by atoms with Crippen LogP contribution >= 0.6 is 0 Å². The molecule has 1 aliphatic heterocycles. The van der Waals surface area contributed by atoms with Crippen LogP contribution in [0.5, 0.6) is 5.75 Å². The predicted molar refractivity (Wildman–Crippen MR) is 89.1 cm³/mol. The van der Waals surface area contributed by atoms with Crippen molar-refractivity contribution in [3.05, 3.63) is 65.2 Å². The van der Waals surface area contributed by atoms with Crippen LogP contribution in [0.15, 0.2) is 42.5 Å². The SMILES string of the molecule is NC1OC1CNC1CC1c1ccc(OCc2cc(F)cc(F)c2)cc1. The van der Waals surface area contributed by atoms with Gasteiger partial charge in [-0.05, 0) is 41.8 Å². The van der Waals surface area contributed by atoms with Crippen LogP contribution in [0.4, 0.5) is 8.78 Å². The highest BCUT2D eigenvalue weighted by atomic mass is 19.1. The number of hydrogen-bond acceptors (Lipinski definition) is 4. The summed E-state index contributed by atoms with van der Waals surface area (Å²) in [5, 5.41) is 3.46. The molecule has 1 saturated carbocycles. The molecule has 4 atom stereocenters. The highest BCUT2D eigenvalue weighted by Gasteiger charge is 2.41. The summed E-state index contributed by atoms with van der Waals surface area (Å²) in [5.41, 5.74) is 7.32. The monoisotopic (exact) mass is 346 g/mol. The van der Waals surface area contributed by atoms with Crippen molar-refractivity contribution in [3.8, 4) is 5.75 Å². The lowest BCUT2D eigenvalue weighted by Gasteiger charge is -2.08.